The largest absolute Gasteiger partial charge is 0.382 e. The molecular formula is C15H28IN3OS. The lowest BCUT2D eigenvalue weighted by molar-refractivity contribution is 0.145. The van der Waals surface area contributed by atoms with Gasteiger partial charge in [-0.05, 0) is 39.3 Å². The first-order valence-corrected chi connectivity index (χ1v) is 8.07. The van der Waals surface area contributed by atoms with Crippen LogP contribution in [0.1, 0.15) is 30.0 Å². The lowest BCUT2D eigenvalue weighted by atomic mass is 10.2. The molecule has 1 aromatic rings. The Morgan fingerprint density at radius 1 is 1.43 bits per heavy atom. The molecule has 0 fully saturated rings. The van der Waals surface area contributed by atoms with Crippen LogP contribution in [0.25, 0.3) is 0 Å². The molecule has 0 bridgehead atoms. The van der Waals surface area contributed by atoms with Crippen molar-refractivity contribution < 1.29 is 4.74 Å². The number of halogens is 1. The second-order valence-corrected chi connectivity index (χ2v) is 6.18. The van der Waals surface area contributed by atoms with Crippen molar-refractivity contribution in [2.24, 2.45) is 4.99 Å². The molecule has 0 aromatic carbocycles. The van der Waals surface area contributed by atoms with Gasteiger partial charge in [0.1, 0.15) is 0 Å². The highest BCUT2D eigenvalue weighted by molar-refractivity contribution is 14.0. The molecule has 6 heteroatoms. The second kappa shape index (κ2) is 12.2. The highest BCUT2D eigenvalue weighted by Gasteiger charge is 2.07. The molecule has 1 heterocycles. The zero-order valence-electron chi connectivity index (χ0n) is 13.4. The summed E-state index contributed by atoms with van der Waals surface area (Å²) in [6.45, 7) is 8.80. The van der Waals surface area contributed by atoms with Crippen LogP contribution in [0.2, 0.25) is 0 Å². The zero-order valence-corrected chi connectivity index (χ0v) is 16.6. The van der Waals surface area contributed by atoms with Gasteiger partial charge in [-0.15, -0.1) is 35.3 Å². The maximum atomic E-state index is 5.31. The summed E-state index contributed by atoms with van der Waals surface area (Å²) in [4.78, 5) is 7.03. The molecule has 0 saturated heterocycles. The fraction of sp³-hybridized carbons (Fsp3) is 0.667. The van der Waals surface area contributed by atoms with E-state index in [1.54, 1.807) is 7.05 Å². The minimum absolute atomic E-state index is 0. The molecule has 0 saturated carbocycles. The van der Waals surface area contributed by atoms with Gasteiger partial charge in [0.15, 0.2) is 5.96 Å². The number of aliphatic imine (C=N–C) groups is 1. The first-order valence-electron chi connectivity index (χ1n) is 7.26. The number of thiophene rings is 1. The van der Waals surface area contributed by atoms with Crippen molar-refractivity contribution in [3.63, 3.8) is 0 Å². The van der Waals surface area contributed by atoms with Crippen LogP contribution in [0.15, 0.2) is 17.1 Å². The van der Waals surface area contributed by atoms with Crippen molar-refractivity contribution in [3.05, 3.63) is 21.9 Å². The predicted molar refractivity (Wildman–Crippen MR) is 103 cm³/mol. The summed E-state index contributed by atoms with van der Waals surface area (Å²) in [6.07, 6.45) is 2.02. The van der Waals surface area contributed by atoms with Gasteiger partial charge in [-0.3, -0.25) is 4.99 Å². The smallest absolute Gasteiger partial charge is 0.191 e. The number of guanidine groups is 1. The highest BCUT2D eigenvalue weighted by Crippen LogP contribution is 2.16. The molecule has 1 aromatic heterocycles. The summed E-state index contributed by atoms with van der Waals surface area (Å²) < 4.78 is 5.31. The SMILES string of the molecule is CCOCCCNC(=NC)NC(C)Cc1ccc(C)s1.I. The van der Waals surface area contributed by atoms with Gasteiger partial charge in [0.05, 0.1) is 0 Å². The lowest BCUT2D eigenvalue weighted by Crippen LogP contribution is -2.43. The van der Waals surface area contributed by atoms with Gasteiger partial charge in [-0.25, -0.2) is 0 Å². The third-order valence-corrected chi connectivity index (χ3v) is 3.90. The summed E-state index contributed by atoms with van der Waals surface area (Å²) in [5.41, 5.74) is 0. The van der Waals surface area contributed by atoms with Crippen LogP contribution in [0.3, 0.4) is 0 Å². The topological polar surface area (TPSA) is 45.6 Å². The van der Waals surface area contributed by atoms with Gasteiger partial charge in [-0.1, -0.05) is 0 Å². The fourth-order valence-electron chi connectivity index (χ4n) is 1.90. The van der Waals surface area contributed by atoms with E-state index in [-0.39, 0.29) is 24.0 Å². The van der Waals surface area contributed by atoms with E-state index in [0.717, 1.165) is 38.6 Å². The Balaban J connectivity index is 0.00000400. The molecular weight excluding hydrogens is 397 g/mol. The average molecular weight is 425 g/mol. The van der Waals surface area contributed by atoms with Crippen molar-refractivity contribution in [2.45, 2.75) is 39.7 Å². The van der Waals surface area contributed by atoms with Crippen molar-refractivity contribution in [3.8, 4) is 0 Å². The Morgan fingerprint density at radius 2 is 2.19 bits per heavy atom. The first kappa shape index (κ1) is 20.7. The van der Waals surface area contributed by atoms with E-state index in [0.29, 0.717) is 6.04 Å². The van der Waals surface area contributed by atoms with E-state index in [2.05, 4.69) is 41.6 Å². The molecule has 122 valence electrons. The van der Waals surface area contributed by atoms with E-state index >= 15 is 0 Å². The second-order valence-electron chi connectivity index (χ2n) is 4.81. The molecule has 21 heavy (non-hydrogen) atoms. The van der Waals surface area contributed by atoms with E-state index in [9.17, 15) is 0 Å². The van der Waals surface area contributed by atoms with E-state index < -0.39 is 0 Å². The molecule has 2 N–H and O–H groups in total. The van der Waals surface area contributed by atoms with Gasteiger partial charge in [0, 0.05) is 49.0 Å². The minimum atomic E-state index is 0. The monoisotopic (exact) mass is 425 g/mol. The van der Waals surface area contributed by atoms with Gasteiger partial charge in [-0.2, -0.15) is 0 Å². The molecule has 0 aliphatic carbocycles. The van der Waals surface area contributed by atoms with Crippen molar-refractivity contribution in [2.75, 3.05) is 26.8 Å². The number of aryl methyl sites for hydroxylation is 1. The highest BCUT2D eigenvalue weighted by atomic mass is 127. The summed E-state index contributed by atoms with van der Waals surface area (Å²) in [7, 11) is 1.81. The molecule has 1 rings (SSSR count). The number of rotatable bonds is 8. The van der Waals surface area contributed by atoms with Crippen LogP contribution < -0.4 is 10.6 Å². The number of nitrogens with zero attached hydrogens (tertiary/aromatic N) is 1. The fourth-order valence-corrected chi connectivity index (χ4v) is 2.92. The molecule has 0 aliphatic heterocycles. The molecule has 1 atom stereocenters. The van der Waals surface area contributed by atoms with Crippen LogP contribution in [-0.2, 0) is 11.2 Å². The van der Waals surface area contributed by atoms with Crippen LogP contribution in [0.4, 0.5) is 0 Å². The summed E-state index contributed by atoms with van der Waals surface area (Å²) >= 11 is 1.86. The molecule has 0 radical (unpaired) electrons. The Labute approximate surface area is 149 Å². The maximum Gasteiger partial charge on any atom is 0.191 e. The average Bonchev–Trinajstić information content (AvgIpc) is 2.82. The number of ether oxygens (including phenoxy) is 1. The maximum absolute atomic E-state index is 5.31. The molecule has 0 amide bonds. The van der Waals surface area contributed by atoms with Crippen LogP contribution in [0, 0.1) is 6.92 Å². The molecule has 4 nitrogen and oxygen atoms in total. The van der Waals surface area contributed by atoms with Crippen LogP contribution >= 0.6 is 35.3 Å². The molecule has 1 unspecified atom stereocenters. The van der Waals surface area contributed by atoms with Crippen LogP contribution in [0.5, 0.6) is 0 Å². The predicted octanol–water partition coefficient (Wildman–Crippen LogP) is 3.20. The first-order chi connectivity index (χ1) is 9.65. The molecule has 0 aliphatic rings. The van der Waals surface area contributed by atoms with Crippen molar-refractivity contribution in [1.29, 1.82) is 0 Å². The lowest BCUT2D eigenvalue weighted by Gasteiger charge is -2.17. The van der Waals surface area contributed by atoms with E-state index in [1.165, 1.54) is 9.75 Å². The number of hydrogen-bond acceptors (Lipinski definition) is 3. The Morgan fingerprint density at radius 3 is 2.76 bits per heavy atom. The summed E-state index contributed by atoms with van der Waals surface area (Å²) in [6, 6.07) is 4.75. The Hall–Kier alpha value is -0.340. The summed E-state index contributed by atoms with van der Waals surface area (Å²) in [5.74, 6) is 0.863. The summed E-state index contributed by atoms with van der Waals surface area (Å²) in [5, 5.41) is 6.73. The zero-order chi connectivity index (χ0) is 14.8. The standard InChI is InChI=1S/C15H27N3OS.HI/c1-5-19-10-6-9-17-15(16-4)18-12(2)11-14-8-7-13(3)20-14;/h7-8,12H,5-6,9-11H2,1-4H3,(H2,16,17,18);1H. The van der Waals surface area contributed by atoms with Gasteiger partial charge < -0.3 is 15.4 Å². The molecule has 0 spiro atoms. The minimum Gasteiger partial charge on any atom is -0.382 e. The van der Waals surface area contributed by atoms with Gasteiger partial charge >= 0.3 is 0 Å². The third-order valence-electron chi connectivity index (χ3n) is 2.87. The van der Waals surface area contributed by atoms with Gasteiger partial charge in [0.2, 0.25) is 0 Å². The number of nitrogens with one attached hydrogen (secondary N) is 2. The Kier molecular flexibility index (Phi) is 12.0. The van der Waals surface area contributed by atoms with Crippen molar-refractivity contribution >= 4 is 41.3 Å². The van der Waals surface area contributed by atoms with E-state index in [1.807, 2.05) is 18.3 Å². The van der Waals surface area contributed by atoms with Gasteiger partial charge in [0.25, 0.3) is 0 Å². The number of hydrogen-bond donors (Lipinski definition) is 2. The van der Waals surface area contributed by atoms with Crippen molar-refractivity contribution in [1.82, 2.24) is 10.6 Å². The normalized spacial score (nSPS) is 12.7. The third kappa shape index (κ3) is 9.31. The van der Waals surface area contributed by atoms with E-state index in [4.69, 9.17) is 4.74 Å². The Bertz CT molecular complexity index is 409. The quantitative estimate of drug-likeness (QED) is 0.291. The van der Waals surface area contributed by atoms with Crippen LogP contribution in [-0.4, -0.2) is 38.8 Å².